The average Bonchev–Trinajstić information content (AvgIpc) is 3.15. The predicted octanol–water partition coefficient (Wildman–Crippen LogP) is 2.11. The maximum Gasteiger partial charge on any atom is 0.292 e. The van der Waals surface area contributed by atoms with Crippen molar-refractivity contribution in [1.29, 1.82) is 0 Å². The summed E-state index contributed by atoms with van der Waals surface area (Å²) in [5.74, 6) is 0.542. The van der Waals surface area contributed by atoms with Crippen molar-refractivity contribution in [2.24, 2.45) is 5.92 Å². The fourth-order valence-corrected chi connectivity index (χ4v) is 3.52. The SMILES string of the molecule is CC(C)OC[C@H]1CCC[C@]12CN(C(=O)c1ccno1)CCO2. The van der Waals surface area contributed by atoms with Gasteiger partial charge < -0.3 is 18.9 Å². The van der Waals surface area contributed by atoms with Gasteiger partial charge in [-0.2, -0.15) is 0 Å². The topological polar surface area (TPSA) is 64.8 Å². The normalized spacial score (nSPS) is 28.7. The zero-order valence-electron chi connectivity index (χ0n) is 13.3. The molecule has 3 rings (SSSR count). The van der Waals surface area contributed by atoms with Crippen LogP contribution in [0.3, 0.4) is 0 Å². The molecule has 6 heteroatoms. The van der Waals surface area contributed by atoms with Gasteiger partial charge >= 0.3 is 0 Å². The first-order valence-electron chi connectivity index (χ1n) is 8.06. The van der Waals surface area contributed by atoms with Crippen LogP contribution >= 0.6 is 0 Å². The van der Waals surface area contributed by atoms with E-state index in [1.807, 2.05) is 18.7 Å². The van der Waals surface area contributed by atoms with E-state index in [0.29, 0.717) is 38.0 Å². The lowest BCUT2D eigenvalue weighted by Crippen LogP contribution is -2.56. The van der Waals surface area contributed by atoms with E-state index in [2.05, 4.69) is 5.16 Å². The Hall–Kier alpha value is -1.40. The second kappa shape index (κ2) is 6.38. The molecule has 2 fully saturated rings. The molecule has 1 aliphatic carbocycles. The summed E-state index contributed by atoms with van der Waals surface area (Å²) >= 11 is 0. The Bertz CT molecular complexity index is 502. The van der Waals surface area contributed by atoms with Gasteiger partial charge in [0.1, 0.15) is 0 Å². The third kappa shape index (κ3) is 3.03. The fourth-order valence-electron chi connectivity index (χ4n) is 3.52. The van der Waals surface area contributed by atoms with E-state index in [9.17, 15) is 4.79 Å². The maximum absolute atomic E-state index is 12.5. The van der Waals surface area contributed by atoms with E-state index in [4.69, 9.17) is 14.0 Å². The lowest BCUT2D eigenvalue weighted by atomic mass is 9.89. The van der Waals surface area contributed by atoms with Crippen LogP contribution < -0.4 is 0 Å². The highest BCUT2D eigenvalue weighted by atomic mass is 16.5. The van der Waals surface area contributed by atoms with Crippen molar-refractivity contribution in [3.05, 3.63) is 18.0 Å². The van der Waals surface area contributed by atoms with Gasteiger partial charge in [0, 0.05) is 18.5 Å². The number of morpholine rings is 1. The summed E-state index contributed by atoms with van der Waals surface area (Å²) in [5.41, 5.74) is -0.261. The van der Waals surface area contributed by atoms with E-state index >= 15 is 0 Å². The van der Waals surface area contributed by atoms with E-state index in [-0.39, 0.29) is 17.6 Å². The summed E-state index contributed by atoms with van der Waals surface area (Å²) in [5, 5.41) is 3.62. The van der Waals surface area contributed by atoms with Crippen molar-refractivity contribution in [1.82, 2.24) is 10.1 Å². The van der Waals surface area contributed by atoms with Crippen molar-refractivity contribution in [2.75, 3.05) is 26.3 Å². The van der Waals surface area contributed by atoms with Gasteiger partial charge in [0.05, 0.1) is 37.7 Å². The molecule has 6 nitrogen and oxygen atoms in total. The standard InChI is InChI=1S/C16H24N2O4/c1-12(2)20-10-13-4-3-6-16(13)11-18(8-9-21-16)15(19)14-5-7-17-22-14/h5,7,12-13H,3-4,6,8-11H2,1-2H3/t13-,16+/m1/s1. The van der Waals surface area contributed by atoms with Crippen LogP contribution in [0.1, 0.15) is 43.7 Å². The molecule has 2 atom stereocenters. The van der Waals surface area contributed by atoms with E-state index in [0.717, 1.165) is 19.3 Å². The number of carbonyl (C=O) groups excluding carboxylic acids is 1. The molecule has 2 heterocycles. The molecule has 1 spiro atoms. The van der Waals surface area contributed by atoms with Crippen molar-refractivity contribution in [2.45, 2.75) is 44.8 Å². The number of aromatic nitrogens is 1. The van der Waals surface area contributed by atoms with Gasteiger partial charge in [-0.3, -0.25) is 4.79 Å². The second-order valence-electron chi connectivity index (χ2n) is 6.49. The molecule has 122 valence electrons. The molecule has 1 aromatic heterocycles. The van der Waals surface area contributed by atoms with Crippen LogP contribution in [0.2, 0.25) is 0 Å². The first-order chi connectivity index (χ1) is 10.6. The van der Waals surface area contributed by atoms with Crippen LogP contribution in [0.4, 0.5) is 0 Å². The van der Waals surface area contributed by atoms with Crippen LogP contribution in [0.5, 0.6) is 0 Å². The van der Waals surface area contributed by atoms with Crippen molar-refractivity contribution in [3.63, 3.8) is 0 Å². The van der Waals surface area contributed by atoms with Gasteiger partial charge in [0.2, 0.25) is 5.76 Å². The van der Waals surface area contributed by atoms with E-state index < -0.39 is 0 Å². The number of amides is 1. The van der Waals surface area contributed by atoms with E-state index in [1.165, 1.54) is 6.20 Å². The molecular weight excluding hydrogens is 284 g/mol. The minimum absolute atomic E-state index is 0.101. The Morgan fingerprint density at radius 3 is 3.18 bits per heavy atom. The first kappa shape index (κ1) is 15.5. The number of hydrogen-bond donors (Lipinski definition) is 0. The van der Waals surface area contributed by atoms with Crippen molar-refractivity contribution >= 4 is 5.91 Å². The Balaban J connectivity index is 1.69. The van der Waals surface area contributed by atoms with Crippen molar-refractivity contribution in [3.8, 4) is 0 Å². The highest BCUT2D eigenvalue weighted by Crippen LogP contribution is 2.41. The number of nitrogens with zero attached hydrogens (tertiary/aromatic N) is 2. The van der Waals surface area contributed by atoms with Crippen molar-refractivity contribution < 1.29 is 18.8 Å². The Kier molecular flexibility index (Phi) is 4.49. The summed E-state index contributed by atoms with van der Waals surface area (Å²) in [6, 6.07) is 1.61. The first-order valence-corrected chi connectivity index (χ1v) is 8.06. The molecule has 22 heavy (non-hydrogen) atoms. The average molecular weight is 308 g/mol. The van der Waals surface area contributed by atoms with Crippen LogP contribution in [0, 0.1) is 5.92 Å². The minimum atomic E-state index is -0.261. The van der Waals surface area contributed by atoms with Gasteiger partial charge in [0.15, 0.2) is 0 Å². The smallest absolute Gasteiger partial charge is 0.292 e. The molecule has 1 amide bonds. The molecule has 0 aromatic carbocycles. The number of carbonyl (C=O) groups is 1. The van der Waals surface area contributed by atoms with Crippen LogP contribution in [0.15, 0.2) is 16.8 Å². The summed E-state index contributed by atoms with van der Waals surface area (Å²) in [4.78, 5) is 14.3. The zero-order chi connectivity index (χ0) is 15.6. The second-order valence-corrected chi connectivity index (χ2v) is 6.49. The molecule has 1 aromatic rings. The molecule has 0 bridgehead atoms. The van der Waals surface area contributed by atoms with Crippen LogP contribution in [-0.2, 0) is 9.47 Å². The molecule has 0 N–H and O–H groups in total. The van der Waals surface area contributed by atoms with Gasteiger partial charge in [0.25, 0.3) is 5.91 Å². The lowest BCUT2D eigenvalue weighted by molar-refractivity contribution is -0.136. The van der Waals surface area contributed by atoms with E-state index in [1.54, 1.807) is 6.07 Å². The Morgan fingerprint density at radius 2 is 2.45 bits per heavy atom. The fraction of sp³-hybridized carbons (Fsp3) is 0.750. The Morgan fingerprint density at radius 1 is 1.59 bits per heavy atom. The molecular formula is C16H24N2O4. The minimum Gasteiger partial charge on any atom is -0.378 e. The monoisotopic (exact) mass is 308 g/mol. The lowest BCUT2D eigenvalue weighted by Gasteiger charge is -2.43. The zero-order valence-corrected chi connectivity index (χ0v) is 13.3. The van der Waals surface area contributed by atoms with Crippen LogP contribution in [0.25, 0.3) is 0 Å². The molecule has 0 radical (unpaired) electrons. The largest absolute Gasteiger partial charge is 0.378 e. The summed E-state index contributed by atoms with van der Waals surface area (Å²) in [6.07, 6.45) is 4.92. The summed E-state index contributed by atoms with van der Waals surface area (Å²) in [6.45, 7) is 6.56. The molecule has 1 saturated heterocycles. The molecule has 0 unspecified atom stereocenters. The number of ether oxygens (including phenoxy) is 2. The van der Waals surface area contributed by atoms with Gasteiger partial charge in [-0.05, 0) is 26.7 Å². The van der Waals surface area contributed by atoms with Gasteiger partial charge in [-0.15, -0.1) is 0 Å². The van der Waals surface area contributed by atoms with Gasteiger partial charge in [-0.1, -0.05) is 11.6 Å². The highest BCUT2D eigenvalue weighted by molar-refractivity contribution is 5.91. The third-order valence-electron chi connectivity index (χ3n) is 4.67. The molecule has 2 aliphatic rings. The summed E-state index contributed by atoms with van der Waals surface area (Å²) < 4.78 is 17.0. The third-order valence-corrected chi connectivity index (χ3v) is 4.67. The highest BCUT2D eigenvalue weighted by Gasteiger charge is 2.48. The number of hydrogen-bond acceptors (Lipinski definition) is 5. The predicted molar refractivity (Wildman–Crippen MR) is 79.5 cm³/mol. The Labute approximate surface area is 130 Å². The summed E-state index contributed by atoms with van der Waals surface area (Å²) in [7, 11) is 0. The molecule has 1 aliphatic heterocycles. The molecule has 1 saturated carbocycles. The van der Waals surface area contributed by atoms with Crippen LogP contribution in [-0.4, -0.2) is 54.0 Å². The number of rotatable bonds is 4. The van der Waals surface area contributed by atoms with Gasteiger partial charge in [-0.25, -0.2) is 0 Å². The maximum atomic E-state index is 12.5. The quantitative estimate of drug-likeness (QED) is 0.852.